The predicted molar refractivity (Wildman–Crippen MR) is 95.3 cm³/mol. The molecule has 0 aromatic heterocycles. The highest BCUT2D eigenvalue weighted by Crippen LogP contribution is 2.06. The molecule has 0 aliphatic heterocycles. The average molecular weight is 284 g/mol. The molecule has 22 heavy (non-hydrogen) atoms. The van der Waals surface area contributed by atoms with Crippen molar-refractivity contribution in [2.24, 2.45) is 0 Å². The van der Waals surface area contributed by atoms with Crippen LogP contribution in [0, 0.1) is 30.6 Å². The summed E-state index contributed by atoms with van der Waals surface area (Å²) in [5, 5.41) is 0. The maximum Gasteiger partial charge on any atom is 0.0255 e. The number of rotatable bonds is 3. The van der Waals surface area contributed by atoms with E-state index < -0.39 is 0 Å². The molecule has 2 aromatic rings. The maximum atomic E-state index is 3.07. The lowest BCUT2D eigenvalue weighted by Gasteiger charge is -1.93. The predicted octanol–water partition coefficient (Wildman–Crippen LogP) is 5.21. The van der Waals surface area contributed by atoms with Crippen molar-refractivity contribution in [3.8, 4) is 23.7 Å². The maximum absolute atomic E-state index is 3.07. The molecule has 0 saturated carbocycles. The molecule has 0 spiro atoms. The molecule has 108 valence electrons. The number of aryl methyl sites for hydroxylation is 1. The van der Waals surface area contributed by atoms with E-state index >= 15 is 0 Å². The summed E-state index contributed by atoms with van der Waals surface area (Å²) in [6, 6.07) is 16.4. The Kier molecular flexibility index (Phi) is 6.10. The lowest BCUT2D eigenvalue weighted by Crippen LogP contribution is -1.76. The monoisotopic (exact) mass is 284 g/mol. The number of hydrogen-bond donors (Lipinski definition) is 0. The minimum atomic E-state index is 0.992. The summed E-state index contributed by atoms with van der Waals surface area (Å²) in [5.74, 6) is 11.9. The second-order valence-corrected chi connectivity index (χ2v) is 5.18. The molecular weight excluding hydrogens is 264 g/mol. The first-order chi connectivity index (χ1) is 10.8. The molecule has 0 N–H and O–H groups in total. The van der Waals surface area contributed by atoms with E-state index in [0.29, 0.717) is 0 Å². The third kappa shape index (κ3) is 5.35. The van der Waals surface area contributed by atoms with Gasteiger partial charge in [0.2, 0.25) is 0 Å². The Morgan fingerprint density at radius 1 is 0.818 bits per heavy atom. The van der Waals surface area contributed by atoms with Crippen LogP contribution in [0.25, 0.3) is 6.08 Å². The zero-order valence-corrected chi connectivity index (χ0v) is 13.2. The van der Waals surface area contributed by atoms with Crippen LogP contribution in [0.15, 0.2) is 54.6 Å². The van der Waals surface area contributed by atoms with Gasteiger partial charge in [0.05, 0.1) is 0 Å². The van der Waals surface area contributed by atoms with Crippen molar-refractivity contribution in [2.45, 2.75) is 26.7 Å². The molecule has 0 bridgehead atoms. The summed E-state index contributed by atoms with van der Waals surface area (Å²) in [7, 11) is 0. The molecule has 0 nitrogen and oxygen atoms in total. The Morgan fingerprint density at radius 2 is 1.36 bits per heavy atom. The van der Waals surface area contributed by atoms with Crippen LogP contribution in [0.2, 0.25) is 0 Å². The molecule has 0 saturated heterocycles. The van der Waals surface area contributed by atoms with E-state index in [1.807, 2.05) is 24.3 Å². The first-order valence-corrected chi connectivity index (χ1v) is 7.63. The largest absolute Gasteiger partial charge is 0.0840 e. The van der Waals surface area contributed by atoms with Crippen molar-refractivity contribution in [3.05, 3.63) is 76.9 Å². The van der Waals surface area contributed by atoms with Gasteiger partial charge in [0.15, 0.2) is 0 Å². The molecule has 0 fully saturated rings. The number of allylic oxidation sites excluding steroid dienone is 1. The number of hydrogen-bond acceptors (Lipinski definition) is 0. The van der Waals surface area contributed by atoms with E-state index in [1.165, 1.54) is 17.5 Å². The standard InChI is InChI=1S/C22H20/c1-3-4-5-8-21-15-17-22(18-16-21)10-7-6-9-20-13-11-19(2)12-14-20/h5,8,11-18H,3-4H2,1-2H3/b8-5+. The highest BCUT2D eigenvalue weighted by Gasteiger charge is 1.88. The Morgan fingerprint density at radius 3 is 1.91 bits per heavy atom. The molecule has 0 aliphatic carbocycles. The van der Waals surface area contributed by atoms with Gasteiger partial charge in [0.1, 0.15) is 0 Å². The molecule has 0 unspecified atom stereocenters. The first kappa shape index (κ1) is 15.7. The van der Waals surface area contributed by atoms with Gasteiger partial charge in [-0.15, -0.1) is 0 Å². The molecule has 0 atom stereocenters. The lowest BCUT2D eigenvalue weighted by molar-refractivity contribution is 0.962. The molecular formula is C22H20. The summed E-state index contributed by atoms with van der Waals surface area (Å²) in [6.45, 7) is 4.25. The van der Waals surface area contributed by atoms with Crippen LogP contribution in [0.1, 0.15) is 42.0 Å². The first-order valence-electron chi connectivity index (χ1n) is 7.63. The fourth-order valence-corrected chi connectivity index (χ4v) is 1.91. The summed E-state index contributed by atoms with van der Waals surface area (Å²) >= 11 is 0. The van der Waals surface area contributed by atoms with E-state index in [9.17, 15) is 0 Å². The third-order valence-electron chi connectivity index (χ3n) is 3.20. The van der Waals surface area contributed by atoms with E-state index in [2.05, 4.69) is 73.9 Å². The Bertz CT molecular complexity index is 736. The van der Waals surface area contributed by atoms with Gasteiger partial charge in [-0.2, -0.15) is 0 Å². The Balaban J connectivity index is 1.99. The van der Waals surface area contributed by atoms with Crippen LogP contribution in [-0.4, -0.2) is 0 Å². The number of unbranched alkanes of at least 4 members (excludes halogenated alkanes) is 1. The normalized spacial score (nSPS) is 9.73. The van der Waals surface area contributed by atoms with Crippen molar-refractivity contribution >= 4 is 6.08 Å². The summed E-state index contributed by atoms with van der Waals surface area (Å²) in [6.07, 6.45) is 6.65. The zero-order valence-electron chi connectivity index (χ0n) is 13.2. The minimum absolute atomic E-state index is 0.992. The molecule has 0 radical (unpaired) electrons. The molecule has 2 aromatic carbocycles. The van der Waals surface area contributed by atoms with Crippen LogP contribution in [0.5, 0.6) is 0 Å². The van der Waals surface area contributed by atoms with Crippen molar-refractivity contribution in [3.63, 3.8) is 0 Å². The zero-order chi connectivity index (χ0) is 15.6. The Hall–Kier alpha value is -2.70. The van der Waals surface area contributed by atoms with E-state index in [0.717, 1.165) is 17.5 Å². The topological polar surface area (TPSA) is 0 Å². The second-order valence-electron chi connectivity index (χ2n) is 5.18. The number of benzene rings is 2. The van der Waals surface area contributed by atoms with Crippen LogP contribution < -0.4 is 0 Å². The Labute approximate surface area is 133 Å². The van der Waals surface area contributed by atoms with Gasteiger partial charge in [0.25, 0.3) is 0 Å². The summed E-state index contributed by atoms with van der Waals surface area (Å²) < 4.78 is 0. The summed E-state index contributed by atoms with van der Waals surface area (Å²) in [5.41, 5.74) is 4.44. The second kappa shape index (κ2) is 8.56. The average Bonchev–Trinajstić information content (AvgIpc) is 2.55. The van der Waals surface area contributed by atoms with Crippen LogP contribution in [0.4, 0.5) is 0 Å². The van der Waals surface area contributed by atoms with Gasteiger partial charge >= 0.3 is 0 Å². The molecule has 0 amide bonds. The van der Waals surface area contributed by atoms with E-state index in [1.54, 1.807) is 0 Å². The molecule has 0 heteroatoms. The van der Waals surface area contributed by atoms with Crippen LogP contribution >= 0.6 is 0 Å². The smallest absolute Gasteiger partial charge is 0.0255 e. The molecule has 2 rings (SSSR count). The van der Waals surface area contributed by atoms with Crippen molar-refractivity contribution < 1.29 is 0 Å². The SMILES string of the molecule is CCC/C=C/c1ccc(C#CC#Cc2ccc(C)cc2)cc1. The fourth-order valence-electron chi connectivity index (χ4n) is 1.91. The van der Waals surface area contributed by atoms with Crippen molar-refractivity contribution in [1.29, 1.82) is 0 Å². The molecule has 0 heterocycles. The van der Waals surface area contributed by atoms with Gasteiger partial charge < -0.3 is 0 Å². The summed E-state index contributed by atoms with van der Waals surface area (Å²) in [4.78, 5) is 0. The van der Waals surface area contributed by atoms with E-state index in [-0.39, 0.29) is 0 Å². The lowest BCUT2D eigenvalue weighted by atomic mass is 10.1. The van der Waals surface area contributed by atoms with Crippen molar-refractivity contribution in [2.75, 3.05) is 0 Å². The van der Waals surface area contributed by atoms with Gasteiger partial charge in [-0.1, -0.05) is 67.2 Å². The van der Waals surface area contributed by atoms with Crippen LogP contribution in [-0.2, 0) is 0 Å². The molecule has 0 aliphatic rings. The van der Waals surface area contributed by atoms with Gasteiger partial charge in [-0.05, 0) is 55.0 Å². The quantitative estimate of drug-likeness (QED) is 0.679. The van der Waals surface area contributed by atoms with Crippen LogP contribution in [0.3, 0.4) is 0 Å². The highest BCUT2D eigenvalue weighted by atomic mass is 13.9. The van der Waals surface area contributed by atoms with Gasteiger partial charge in [-0.3, -0.25) is 0 Å². The van der Waals surface area contributed by atoms with Gasteiger partial charge in [0, 0.05) is 11.1 Å². The van der Waals surface area contributed by atoms with E-state index in [4.69, 9.17) is 0 Å². The third-order valence-corrected chi connectivity index (χ3v) is 3.20. The highest BCUT2D eigenvalue weighted by molar-refractivity contribution is 5.52. The van der Waals surface area contributed by atoms with Gasteiger partial charge in [-0.25, -0.2) is 0 Å². The fraction of sp³-hybridized carbons (Fsp3) is 0.182. The van der Waals surface area contributed by atoms with Crippen molar-refractivity contribution in [1.82, 2.24) is 0 Å². The minimum Gasteiger partial charge on any atom is -0.0840 e.